The Morgan fingerprint density at radius 1 is 0.824 bits per heavy atom. The second-order valence-corrected chi connectivity index (χ2v) is 3.52. The van der Waals surface area contributed by atoms with Gasteiger partial charge in [0.25, 0.3) is 0 Å². The maximum Gasteiger partial charge on any atom is 0.203 e. The van der Waals surface area contributed by atoms with E-state index in [-0.39, 0.29) is 17.2 Å². The fourth-order valence-corrected chi connectivity index (χ4v) is 1.32. The van der Waals surface area contributed by atoms with Crippen LogP contribution in [0.2, 0.25) is 0 Å². The van der Waals surface area contributed by atoms with Gasteiger partial charge in [-0.15, -0.1) is 0 Å². The van der Waals surface area contributed by atoms with Crippen molar-refractivity contribution in [1.82, 2.24) is 0 Å². The van der Waals surface area contributed by atoms with Crippen molar-refractivity contribution in [2.75, 3.05) is 11.5 Å². The predicted molar refractivity (Wildman–Crippen MR) is 65.1 cm³/mol. The Balaban J connectivity index is 2.30. The zero-order valence-corrected chi connectivity index (χ0v) is 8.92. The Labute approximate surface area is 97.9 Å². The normalized spacial score (nSPS) is 10.1. The number of phenolic OH excluding ortho intramolecular Hbond substituents is 2. The molecule has 2 aromatic rings. The number of benzene rings is 2. The van der Waals surface area contributed by atoms with Crippen molar-refractivity contribution in [3.63, 3.8) is 0 Å². The molecule has 0 aromatic heterocycles. The van der Waals surface area contributed by atoms with Gasteiger partial charge in [-0.2, -0.15) is 0 Å². The summed E-state index contributed by atoms with van der Waals surface area (Å²) in [6, 6.07) is 9.57. The highest BCUT2D eigenvalue weighted by Gasteiger charge is 2.11. The van der Waals surface area contributed by atoms with Gasteiger partial charge in [0.05, 0.1) is 5.69 Å². The van der Waals surface area contributed by atoms with E-state index < -0.39 is 5.75 Å². The molecular weight excluding hydrogens is 220 g/mol. The average molecular weight is 232 g/mol. The van der Waals surface area contributed by atoms with Gasteiger partial charge in [0.2, 0.25) is 5.75 Å². The molecule has 0 saturated heterocycles. The number of ether oxygens (including phenoxy) is 1. The van der Waals surface area contributed by atoms with Gasteiger partial charge in [0.1, 0.15) is 5.75 Å². The second-order valence-electron chi connectivity index (χ2n) is 3.52. The van der Waals surface area contributed by atoms with E-state index in [1.807, 2.05) is 0 Å². The molecule has 0 unspecified atom stereocenters. The maximum absolute atomic E-state index is 9.61. The lowest BCUT2D eigenvalue weighted by atomic mass is 10.2. The van der Waals surface area contributed by atoms with E-state index in [0.29, 0.717) is 11.4 Å². The zero-order valence-electron chi connectivity index (χ0n) is 8.92. The molecule has 5 nitrogen and oxygen atoms in total. The molecular formula is C12H12N2O3. The van der Waals surface area contributed by atoms with Crippen LogP contribution in [0.25, 0.3) is 0 Å². The third kappa shape index (κ3) is 2.17. The molecule has 0 saturated carbocycles. The number of rotatable bonds is 2. The summed E-state index contributed by atoms with van der Waals surface area (Å²) in [4.78, 5) is 0. The first-order valence-corrected chi connectivity index (χ1v) is 4.91. The Morgan fingerprint density at radius 2 is 1.47 bits per heavy atom. The Morgan fingerprint density at radius 3 is 2.12 bits per heavy atom. The molecule has 0 aliphatic heterocycles. The van der Waals surface area contributed by atoms with Crippen LogP contribution in [0.15, 0.2) is 36.4 Å². The van der Waals surface area contributed by atoms with Gasteiger partial charge in [0, 0.05) is 5.69 Å². The number of nitrogen functional groups attached to an aromatic ring is 2. The van der Waals surface area contributed by atoms with Crippen LogP contribution >= 0.6 is 0 Å². The Kier molecular flexibility index (Phi) is 2.66. The van der Waals surface area contributed by atoms with Crippen LogP contribution in [0.5, 0.6) is 23.0 Å². The molecule has 6 N–H and O–H groups in total. The first-order chi connectivity index (χ1) is 8.08. The summed E-state index contributed by atoms with van der Waals surface area (Å²) in [7, 11) is 0. The van der Waals surface area contributed by atoms with Gasteiger partial charge in [-0.3, -0.25) is 0 Å². The molecule has 0 bridgehead atoms. The zero-order chi connectivity index (χ0) is 12.4. The quantitative estimate of drug-likeness (QED) is 0.469. The van der Waals surface area contributed by atoms with Crippen molar-refractivity contribution in [2.24, 2.45) is 0 Å². The van der Waals surface area contributed by atoms with Gasteiger partial charge in [-0.05, 0) is 36.4 Å². The average Bonchev–Trinajstić information content (AvgIpc) is 2.33. The summed E-state index contributed by atoms with van der Waals surface area (Å²) in [5, 5.41) is 19.0. The maximum atomic E-state index is 9.61. The minimum atomic E-state index is -0.391. The first-order valence-electron chi connectivity index (χ1n) is 4.91. The number of hydrogen-bond acceptors (Lipinski definition) is 5. The van der Waals surface area contributed by atoms with Gasteiger partial charge in [-0.1, -0.05) is 0 Å². The molecule has 17 heavy (non-hydrogen) atoms. The first kappa shape index (κ1) is 10.9. The SMILES string of the molecule is Nc1ccc(Oc2ccc(N)c(O)c2O)cc1. The van der Waals surface area contributed by atoms with Crippen LogP contribution in [0, 0.1) is 0 Å². The van der Waals surface area contributed by atoms with Gasteiger partial charge in [-0.25, -0.2) is 0 Å². The topological polar surface area (TPSA) is 102 Å². The van der Waals surface area contributed by atoms with Crippen LogP contribution in [0.4, 0.5) is 11.4 Å². The molecule has 0 atom stereocenters. The Hall–Kier alpha value is -2.56. The largest absolute Gasteiger partial charge is 0.503 e. The lowest BCUT2D eigenvalue weighted by Gasteiger charge is -2.09. The fourth-order valence-electron chi connectivity index (χ4n) is 1.32. The number of hydrogen-bond donors (Lipinski definition) is 4. The summed E-state index contributed by atoms with van der Waals surface area (Å²) in [5.41, 5.74) is 11.7. The van der Waals surface area contributed by atoms with E-state index in [2.05, 4.69) is 0 Å². The highest BCUT2D eigenvalue weighted by atomic mass is 16.5. The standard InChI is InChI=1S/C12H12N2O3/c13-7-1-3-8(4-2-7)17-10-6-5-9(14)11(15)12(10)16/h1-6,15-16H,13-14H2. The lowest BCUT2D eigenvalue weighted by Crippen LogP contribution is -1.90. The summed E-state index contributed by atoms with van der Waals surface area (Å²) >= 11 is 0. The van der Waals surface area contributed by atoms with Crippen molar-refractivity contribution >= 4 is 11.4 Å². The van der Waals surface area contributed by atoms with Gasteiger partial charge in [0.15, 0.2) is 11.5 Å². The van der Waals surface area contributed by atoms with Crippen LogP contribution in [-0.4, -0.2) is 10.2 Å². The van der Waals surface area contributed by atoms with Crippen LogP contribution in [0.3, 0.4) is 0 Å². The number of aromatic hydroxyl groups is 2. The smallest absolute Gasteiger partial charge is 0.203 e. The molecule has 0 radical (unpaired) electrons. The van der Waals surface area contributed by atoms with Crippen LogP contribution < -0.4 is 16.2 Å². The minimum absolute atomic E-state index is 0.0900. The summed E-state index contributed by atoms with van der Waals surface area (Å²) in [6.45, 7) is 0. The number of phenols is 2. The molecule has 2 rings (SSSR count). The summed E-state index contributed by atoms with van der Waals surface area (Å²) in [5.74, 6) is -0.153. The molecule has 2 aromatic carbocycles. The monoisotopic (exact) mass is 232 g/mol. The highest BCUT2D eigenvalue weighted by Crippen LogP contribution is 2.41. The van der Waals surface area contributed by atoms with E-state index in [4.69, 9.17) is 16.2 Å². The number of nitrogens with two attached hydrogens (primary N) is 2. The van der Waals surface area contributed by atoms with Gasteiger partial charge < -0.3 is 26.4 Å². The molecule has 0 amide bonds. The van der Waals surface area contributed by atoms with Crippen molar-refractivity contribution in [2.45, 2.75) is 0 Å². The van der Waals surface area contributed by atoms with Crippen molar-refractivity contribution < 1.29 is 14.9 Å². The third-order valence-corrected chi connectivity index (χ3v) is 2.25. The molecule has 0 aliphatic rings. The molecule has 0 aliphatic carbocycles. The van der Waals surface area contributed by atoms with E-state index in [9.17, 15) is 10.2 Å². The van der Waals surface area contributed by atoms with Crippen molar-refractivity contribution in [3.05, 3.63) is 36.4 Å². The van der Waals surface area contributed by atoms with Crippen molar-refractivity contribution in [3.8, 4) is 23.0 Å². The second kappa shape index (κ2) is 4.13. The summed E-state index contributed by atoms with van der Waals surface area (Å²) in [6.07, 6.45) is 0. The van der Waals surface area contributed by atoms with E-state index in [1.165, 1.54) is 12.1 Å². The summed E-state index contributed by atoms with van der Waals surface area (Å²) < 4.78 is 5.38. The number of anilines is 2. The third-order valence-electron chi connectivity index (χ3n) is 2.25. The van der Waals surface area contributed by atoms with Crippen LogP contribution in [0.1, 0.15) is 0 Å². The van der Waals surface area contributed by atoms with E-state index in [0.717, 1.165) is 0 Å². The van der Waals surface area contributed by atoms with Gasteiger partial charge >= 0.3 is 0 Å². The molecule has 0 fully saturated rings. The van der Waals surface area contributed by atoms with E-state index in [1.54, 1.807) is 24.3 Å². The molecule has 88 valence electrons. The Bertz CT molecular complexity index is 538. The minimum Gasteiger partial charge on any atom is -0.503 e. The highest BCUT2D eigenvalue weighted by molar-refractivity contribution is 5.64. The predicted octanol–water partition coefficient (Wildman–Crippen LogP) is 2.05. The van der Waals surface area contributed by atoms with Crippen molar-refractivity contribution in [1.29, 1.82) is 0 Å². The molecule has 5 heteroatoms. The molecule has 0 spiro atoms. The van der Waals surface area contributed by atoms with Crippen LogP contribution in [-0.2, 0) is 0 Å². The lowest BCUT2D eigenvalue weighted by molar-refractivity contribution is 0.374. The van der Waals surface area contributed by atoms with E-state index >= 15 is 0 Å². The fraction of sp³-hybridized carbons (Fsp3) is 0. The molecule has 0 heterocycles.